The van der Waals surface area contributed by atoms with E-state index in [1.54, 1.807) is 13.8 Å². The number of phenolic OH excluding ortho intramolecular Hbond substituents is 1. The summed E-state index contributed by atoms with van der Waals surface area (Å²) in [6, 6.07) is 5.35. The van der Waals surface area contributed by atoms with Crippen molar-refractivity contribution in [2.75, 3.05) is 37.7 Å². The average Bonchev–Trinajstić information content (AvgIpc) is 3.55. The number of benzene rings is 2. The number of fused-ring (bicyclic) bond motifs is 3. The number of hydrogen-bond acceptors (Lipinski definition) is 8. The first-order chi connectivity index (χ1) is 22.0. The first-order valence-electron chi connectivity index (χ1n) is 15.7. The Morgan fingerprint density at radius 1 is 1.15 bits per heavy atom. The van der Waals surface area contributed by atoms with Crippen molar-refractivity contribution in [3.05, 3.63) is 47.7 Å². The summed E-state index contributed by atoms with van der Waals surface area (Å²) in [5, 5.41) is 22.3. The molecule has 7 rings (SSSR count). The van der Waals surface area contributed by atoms with E-state index in [4.69, 9.17) is 16.1 Å². The largest absolute Gasteiger partial charge is 0.508 e. The molecule has 5 heterocycles. The van der Waals surface area contributed by atoms with Crippen molar-refractivity contribution in [2.24, 2.45) is 5.92 Å². The van der Waals surface area contributed by atoms with E-state index in [2.05, 4.69) is 20.8 Å². The van der Waals surface area contributed by atoms with Crippen molar-refractivity contribution >= 4 is 27.5 Å². The number of anilines is 1. The van der Waals surface area contributed by atoms with Crippen molar-refractivity contribution in [2.45, 2.75) is 63.3 Å². The van der Waals surface area contributed by atoms with Gasteiger partial charge < -0.3 is 19.8 Å². The molecule has 2 aromatic carbocycles. The fourth-order valence-electron chi connectivity index (χ4n) is 7.66. The van der Waals surface area contributed by atoms with Gasteiger partial charge >= 0.3 is 6.01 Å². The second-order valence-corrected chi connectivity index (χ2v) is 13.5. The molecule has 11 heteroatoms. The summed E-state index contributed by atoms with van der Waals surface area (Å²) in [6.45, 7) is 5.96. The second kappa shape index (κ2) is 11.3. The number of phenols is 1. The summed E-state index contributed by atoms with van der Waals surface area (Å²) >= 11 is 0. The Hall–Kier alpha value is -4.14. The molecule has 0 radical (unpaired) electrons. The van der Waals surface area contributed by atoms with Gasteiger partial charge in [0.25, 0.3) is 0 Å². The fraction of sp³-hybridized carbons (Fsp3) is 0.457. The molecule has 3 saturated heterocycles. The minimum Gasteiger partial charge on any atom is -0.508 e. The van der Waals surface area contributed by atoms with Crippen LogP contribution in [0, 0.1) is 29.9 Å². The normalized spacial score (nSPS) is 23.6. The molecule has 0 bridgehead atoms. The van der Waals surface area contributed by atoms with E-state index in [9.17, 15) is 19.0 Å². The molecule has 0 amide bonds. The number of ether oxygens (including phenoxy) is 1. The minimum absolute atomic E-state index is 0.0522. The lowest BCUT2D eigenvalue weighted by Crippen LogP contribution is -2.45. The summed E-state index contributed by atoms with van der Waals surface area (Å²) < 4.78 is 52.3. The third-order valence-corrected chi connectivity index (χ3v) is 10.0. The Labute approximate surface area is 265 Å². The maximum Gasteiger partial charge on any atom is 0.319 e. The molecule has 3 aliphatic rings. The van der Waals surface area contributed by atoms with Crippen LogP contribution in [0.2, 0.25) is 0 Å². The van der Waals surface area contributed by atoms with Crippen molar-refractivity contribution in [1.82, 2.24) is 19.9 Å². The zero-order valence-corrected chi connectivity index (χ0v) is 25.9. The van der Waals surface area contributed by atoms with Crippen LogP contribution in [0.5, 0.6) is 11.8 Å². The lowest BCUT2D eigenvalue weighted by Gasteiger charge is -2.39. The molecule has 0 aliphatic carbocycles. The third-order valence-electron chi connectivity index (χ3n) is 10.0. The molecule has 3 fully saturated rings. The van der Waals surface area contributed by atoms with Crippen molar-refractivity contribution in [3.8, 4) is 35.4 Å². The Morgan fingerprint density at radius 3 is 2.76 bits per heavy atom. The van der Waals surface area contributed by atoms with Crippen LogP contribution in [-0.4, -0.2) is 80.2 Å². The fourth-order valence-corrected chi connectivity index (χ4v) is 7.66. The Bertz CT molecular complexity index is 1890. The van der Waals surface area contributed by atoms with Gasteiger partial charge in [0.2, 0.25) is 0 Å². The first-order valence-corrected chi connectivity index (χ1v) is 15.7. The van der Waals surface area contributed by atoms with Crippen LogP contribution < -0.4 is 9.64 Å². The number of halogens is 3. The predicted molar refractivity (Wildman–Crippen MR) is 170 cm³/mol. The molecule has 46 heavy (non-hydrogen) atoms. The van der Waals surface area contributed by atoms with Crippen LogP contribution in [0.4, 0.5) is 19.0 Å². The molecule has 3 atom stereocenters. The molecule has 3 aliphatic heterocycles. The van der Waals surface area contributed by atoms with Gasteiger partial charge in [-0.25, -0.2) is 13.2 Å². The summed E-state index contributed by atoms with van der Waals surface area (Å²) in [4.78, 5) is 17.9. The van der Waals surface area contributed by atoms with Gasteiger partial charge in [0.15, 0.2) is 5.82 Å². The van der Waals surface area contributed by atoms with Gasteiger partial charge in [-0.1, -0.05) is 12.0 Å². The van der Waals surface area contributed by atoms with Crippen molar-refractivity contribution in [3.63, 3.8) is 0 Å². The lowest BCUT2D eigenvalue weighted by atomic mass is 9.84. The van der Waals surface area contributed by atoms with Crippen molar-refractivity contribution in [1.29, 1.82) is 0 Å². The van der Waals surface area contributed by atoms with E-state index in [1.165, 1.54) is 30.5 Å². The zero-order chi connectivity index (χ0) is 32.4. The second-order valence-electron chi connectivity index (χ2n) is 13.5. The molecule has 4 aromatic rings. The van der Waals surface area contributed by atoms with E-state index in [0.717, 1.165) is 32.2 Å². The monoisotopic (exact) mass is 631 g/mol. The number of piperidine rings is 1. The van der Waals surface area contributed by atoms with Crippen LogP contribution in [0.3, 0.4) is 0 Å². The van der Waals surface area contributed by atoms with Crippen LogP contribution >= 0.6 is 0 Å². The lowest BCUT2D eigenvalue weighted by molar-refractivity contribution is 0.0110. The highest BCUT2D eigenvalue weighted by Crippen LogP contribution is 2.42. The standard InChI is InChI=1S/C35H36F3N5O3/c1-4-24-27(37)9-8-20-13-23(44)14-25(28(20)24)30-29(38)31-26(16-39-30)32(42-11-5-7-21(17-42)34(2,3)45)41-33(40-31)46-19-35-10-6-12-43(35)18-22(36)15-35/h1,8-9,13-14,16,21-22,44-45H,5-7,10-12,15,17-19H2,2-3H3/t21?,22-,35+/m1/s1. The Balaban J connectivity index is 1.38. The maximum absolute atomic E-state index is 16.8. The zero-order valence-electron chi connectivity index (χ0n) is 25.9. The SMILES string of the molecule is C#Cc1c(F)ccc2cc(O)cc(-c3ncc4c(N5CCCC(C(C)(C)O)C5)nc(OC[C@@]56CCCN5C[C@H](F)C6)nc4c3F)c12. The van der Waals surface area contributed by atoms with Gasteiger partial charge in [-0.15, -0.1) is 6.42 Å². The predicted octanol–water partition coefficient (Wildman–Crippen LogP) is 5.75. The summed E-state index contributed by atoms with van der Waals surface area (Å²) in [5.74, 6) is 1.08. The van der Waals surface area contributed by atoms with E-state index in [-0.39, 0.29) is 52.0 Å². The Kier molecular flexibility index (Phi) is 7.48. The number of aromatic hydroxyl groups is 1. The molecule has 1 unspecified atom stereocenters. The van der Waals surface area contributed by atoms with E-state index in [1.807, 2.05) is 4.90 Å². The van der Waals surface area contributed by atoms with Gasteiger partial charge in [0.05, 0.1) is 22.1 Å². The van der Waals surface area contributed by atoms with E-state index < -0.39 is 28.9 Å². The summed E-state index contributed by atoms with van der Waals surface area (Å²) in [5.41, 5.74) is -1.60. The highest BCUT2D eigenvalue weighted by atomic mass is 19.1. The quantitative estimate of drug-likeness (QED) is 0.260. The summed E-state index contributed by atoms with van der Waals surface area (Å²) in [7, 11) is 0. The highest BCUT2D eigenvalue weighted by Gasteiger charge is 2.49. The van der Waals surface area contributed by atoms with Crippen LogP contribution in [0.15, 0.2) is 30.5 Å². The first kappa shape index (κ1) is 30.5. The number of alkyl halides is 1. The Morgan fingerprint density at radius 2 is 1.98 bits per heavy atom. The average molecular weight is 632 g/mol. The van der Waals surface area contributed by atoms with E-state index in [0.29, 0.717) is 42.6 Å². The number of terminal acetylenes is 1. The number of nitrogens with zero attached hydrogens (tertiary/aromatic N) is 5. The smallest absolute Gasteiger partial charge is 0.319 e. The van der Waals surface area contributed by atoms with Gasteiger partial charge in [-0.2, -0.15) is 9.97 Å². The highest BCUT2D eigenvalue weighted by molar-refractivity contribution is 6.03. The number of aliphatic hydroxyl groups is 1. The molecular formula is C35H36F3N5O3. The van der Waals surface area contributed by atoms with Crippen LogP contribution in [0.1, 0.15) is 51.5 Å². The number of hydrogen-bond donors (Lipinski definition) is 2. The van der Waals surface area contributed by atoms with Gasteiger partial charge in [0.1, 0.15) is 41.4 Å². The molecule has 2 N–H and O–H groups in total. The number of rotatable bonds is 6. The topological polar surface area (TPSA) is 94.8 Å². The van der Waals surface area contributed by atoms with E-state index >= 15 is 4.39 Å². The van der Waals surface area contributed by atoms with Crippen LogP contribution in [-0.2, 0) is 0 Å². The molecule has 2 aromatic heterocycles. The number of aromatic nitrogens is 3. The van der Waals surface area contributed by atoms with Gasteiger partial charge in [-0.05, 0) is 69.7 Å². The van der Waals surface area contributed by atoms with Gasteiger partial charge in [-0.3, -0.25) is 9.88 Å². The van der Waals surface area contributed by atoms with Crippen molar-refractivity contribution < 1.29 is 28.1 Å². The number of pyridine rings is 1. The third kappa shape index (κ3) is 5.17. The van der Waals surface area contributed by atoms with Crippen LogP contribution in [0.25, 0.3) is 32.9 Å². The molecule has 8 nitrogen and oxygen atoms in total. The maximum atomic E-state index is 16.8. The molecular weight excluding hydrogens is 595 g/mol. The summed E-state index contributed by atoms with van der Waals surface area (Å²) in [6.07, 6.45) is 9.89. The molecule has 240 valence electrons. The molecule has 0 spiro atoms. The van der Waals surface area contributed by atoms with Gasteiger partial charge in [0, 0.05) is 49.1 Å². The molecule has 0 saturated carbocycles. The minimum atomic E-state index is -0.940.